The number of phenolic OH excluding ortho intramolecular Hbond substituents is 1. The average Bonchev–Trinajstić information content (AvgIpc) is 2.59. The summed E-state index contributed by atoms with van der Waals surface area (Å²) in [5, 5.41) is 24.6. The summed E-state index contributed by atoms with van der Waals surface area (Å²) in [6.45, 7) is 2.73. The van der Waals surface area contributed by atoms with Gasteiger partial charge in [-0.3, -0.25) is 0 Å². The van der Waals surface area contributed by atoms with Crippen LogP contribution in [0.1, 0.15) is 6.92 Å². The van der Waals surface area contributed by atoms with Gasteiger partial charge in [-0.25, -0.2) is 0 Å². The van der Waals surface area contributed by atoms with Crippen LogP contribution in [0.4, 0.5) is 22.9 Å². The van der Waals surface area contributed by atoms with Crippen LogP contribution < -0.4 is 10.2 Å². The summed E-state index contributed by atoms with van der Waals surface area (Å²) in [7, 11) is 0. The highest BCUT2D eigenvalue weighted by atomic mass is 16.3. The maximum Gasteiger partial charge on any atom is 0.182 e. The first kappa shape index (κ1) is 14.8. The van der Waals surface area contributed by atoms with Gasteiger partial charge in [0.25, 0.3) is 0 Å². The number of aromatic nitrogens is 3. The minimum Gasteiger partial charge on any atom is -0.508 e. The van der Waals surface area contributed by atoms with Gasteiger partial charge in [0.2, 0.25) is 0 Å². The molecule has 0 spiro atoms. The Morgan fingerprint density at radius 3 is 2.48 bits per heavy atom. The van der Waals surface area contributed by atoms with Gasteiger partial charge in [-0.05, 0) is 48.5 Å². The molecule has 116 valence electrons. The van der Waals surface area contributed by atoms with Crippen LogP contribution in [0.5, 0.6) is 5.75 Å². The zero-order valence-electron chi connectivity index (χ0n) is 12.7. The van der Waals surface area contributed by atoms with Crippen molar-refractivity contribution in [3.8, 4) is 5.75 Å². The standard InChI is InChI=1S/C17H17N5O/c1-2-22(14-8-10-15(23)11-9-14)17-16(12-18-21-20-17)19-13-6-4-3-5-7-13/h3-12,23H,2H2,1H3,(H,19,21). The molecule has 0 saturated heterocycles. The second kappa shape index (κ2) is 6.74. The molecule has 0 aliphatic carbocycles. The van der Waals surface area contributed by atoms with E-state index in [9.17, 15) is 5.11 Å². The minimum atomic E-state index is 0.230. The van der Waals surface area contributed by atoms with Crippen molar-refractivity contribution < 1.29 is 5.11 Å². The fourth-order valence-corrected chi connectivity index (χ4v) is 2.32. The number of rotatable bonds is 5. The third-order valence-corrected chi connectivity index (χ3v) is 3.40. The van der Waals surface area contributed by atoms with Gasteiger partial charge < -0.3 is 15.3 Å². The number of benzene rings is 2. The number of hydrogen-bond donors (Lipinski definition) is 2. The SMILES string of the molecule is CCN(c1ccc(O)cc1)c1nnncc1Nc1ccccc1. The summed E-state index contributed by atoms with van der Waals surface area (Å²) in [5.41, 5.74) is 2.63. The van der Waals surface area contributed by atoms with Crippen molar-refractivity contribution in [3.63, 3.8) is 0 Å². The first-order valence-electron chi connectivity index (χ1n) is 7.35. The maximum absolute atomic E-state index is 9.46. The highest BCUT2D eigenvalue weighted by Crippen LogP contribution is 2.31. The minimum absolute atomic E-state index is 0.230. The van der Waals surface area contributed by atoms with Gasteiger partial charge in [-0.1, -0.05) is 18.2 Å². The molecule has 0 saturated carbocycles. The van der Waals surface area contributed by atoms with Crippen LogP contribution in [-0.4, -0.2) is 27.1 Å². The number of anilines is 4. The number of hydrogen-bond acceptors (Lipinski definition) is 6. The molecular formula is C17H17N5O. The van der Waals surface area contributed by atoms with Crippen LogP contribution in [0.15, 0.2) is 60.8 Å². The van der Waals surface area contributed by atoms with Crippen LogP contribution in [0.25, 0.3) is 0 Å². The Labute approximate surface area is 134 Å². The number of phenols is 1. The molecule has 0 aliphatic heterocycles. The van der Waals surface area contributed by atoms with Crippen molar-refractivity contribution in [2.45, 2.75) is 6.92 Å². The Kier molecular flexibility index (Phi) is 4.33. The van der Waals surface area contributed by atoms with E-state index in [1.165, 1.54) is 0 Å². The number of para-hydroxylation sites is 1. The van der Waals surface area contributed by atoms with Gasteiger partial charge >= 0.3 is 0 Å². The first-order valence-corrected chi connectivity index (χ1v) is 7.35. The quantitative estimate of drug-likeness (QED) is 0.751. The smallest absolute Gasteiger partial charge is 0.182 e. The summed E-state index contributed by atoms with van der Waals surface area (Å²) < 4.78 is 0. The predicted octanol–water partition coefficient (Wildman–Crippen LogP) is 3.48. The summed E-state index contributed by atoms with van der Waals surface area (Å²) in [5.74, 6) is 0.908. The van der Waals surface area contributed by atoms with Crippen molar-refractivity contribution in [1.29, 1.82) is 0 Å². The summed E-state index contributed by atoms with van der Waals surface area (Å²) in [6, 6.07) is 16.8. The second-order valence-corrected chi connectivity index (χ2v) is 4.92. The van der Waals surface area contributed by atoms with Crippen LogP contribution in [0.3, 0.4) is 0 Å². The Morgan fingerprint density at radius 2 is 1.78 bits per heavy atom. The highest BCUT2D eigenvalue weighted by molar-refractivity contribution is 5.75. The zero-order chi connectivity index (χ0) is 16.1. The molecule has 2 N–H and O–H groups in total. The van der Waals surface area contributed by atoms with E-state index in [4.69, 9.17) is 0 Å². The van der Waals surface area contributed by atoms with E-state index in [2.05, 4.69) is 20.7 Å². The molecule has 2 aromatic carbocycles. The lowest BCUT2D eigenvalue weighted by Gasteiger charge is -2.23. The third kappa shape index (κ3) is 3.37. The molecule has 6 heteroatoms. The van der Waals surface area contributed by atoms with Crippen molar-refractivity contribution in [2.75, 3.05) is 16.8 Å². The van der Waals surface area contributed by atoms with Gasteiger partial charge in [-0.15, -0.1) is 10.2 Å². The Bertz CT molecular complexity index is 761. The molecule has 3 rings (SSSR count). The molecule has 23 heavy (non-hydrogen) atoms. The lowest BCUT2D eigenvalue weighted by molar-refractivity contribution is 0.475. The normalized spacial score (nSPS) is 10.3. The lowest BCUT2D eigenvalue weighted by Crippen LogP contribution is -2.19. The van der Waals surface area contributed by atoms with Crippen molar-refractivity contribution in [2.24, 2.45) is 0 Å². The molecule has 6 nitrogen and oxygen atoms in total. The van der Waals surface area contributed by atoms with Gasteiger partial charge in [0, 0.05) is 17.9 Å². The van der Waals surface area contributed by atoms with Crippen molar-refractivity contribution in [3.05, 3.63) is 60.8 Å². The van der Waals surface area contributed by atoms with Crippen LogP contribution in [0, 0.1) is 0 Å². The van der Waals surface area contributed by atoms with Crippen LogP contribution in [-0.2, 0) is 0 Å². The Balaban J connectivity index is 1.96. The zero-order valence-corrected chi connectivity index (χ0v) is 12.7. The number of nitrogens with zero attached hydrogens (tertiary/aromatic N) is 4. The first-order chi connectivity index (χ1) is 11.3. The Hall–Kier alpha value is -3.15. The van der Waals surface area contributed by atoms with E-state index < -0.39 is 0 Å². The molecule has 0 amide bonds. The summed E-state index contributed by atoms with van der Waals surface area (Å²) >= 11 is 0. The lowest BCUT2D eigenvalue weighted by atomic mass is 10.2. The highest BCUT2D eigenvalue weighted by Gasteiger charge is 2.15. The molecule has 0 bridgehead atoms. The van der Waals surface area contributed by atoms with Crippen LogP contribution in [0.2, 0.25) is 0 Å². The van der Waals surface area contributed by atoms with Gasteiger partial charge in [0.05, 0.1) is 6.20 Å². The molecule has 0 radical (unpaired) electrons. The van der Waals surface area contributed by atoms with Gasteiger partial charge in [-0.2, -0.15) is 0 Å². The summed E-state index contributed by atoms with van der Waals surface area (Å²) in [4.78, 5) is 2.00. The van der Waals surface area contributed by atoms with E-state index >= 15 is 0 Å². The van der Waals surface area contributed by atoms with Gasteiger partial charge in [0.1, 0.15) is 11.4 Å². The third-order valence-electron chi connectivity index (χ3n) is 3.40. The van der Waals surface area contributed by atoms with E-state index in [0.29, 0.717) is 12.4 Å². The molecule has 1 aromatic heterocycles. The monoisotopic (exact) mass is 307 g/mol. The fraction of sp³-hybridized carbons (Fsp3) is 0.118. The van der Waals surface area contributed by atoms with E-state index in [1.807, 2.05) is 54.3 Å². The fourth-order valence-electron chi connectivity index (χ4n) is 2.32. The largest absolute Gasteiger partial charge is 0.508 e. The number of nitrogens with one attached hydrogen (secondary N) is 1. The Morgan fingerprint density at radius 1 is 1.04 bits per heavy atom. The van der Waals surface area contributed by atoms with Gasteiger partial charge in [0.15, 0.2) is 5.82 Å². The summed E-state index contributed by atoms with van der Waals surface area (Å²) in [6.07, 6.45) is 1.65. The topological polar surface area (TPSA) is 74.2 Å². The maximum atomic E-state index is 9.46. The van der Waals surface area contributed by atoms with Crippen molar-refractivity contribution in [1.82, 2.24) is 15.4 Å². The molecule has 0 fully saturated rings. The number of aromatic hydroxyl groups is 1. The van der Waals surface area contributed by atoms with E-state index in [0.717, 1.165) is 17.1 Å². The molecule has 0 aliphatic rings. The molecule has 3 aromatic rings. The van der Waals surface area contributed by atoms with Crippen LogP contribution >= 0.6 is 0 Å². The molecule has 0 unspecified atom stereocenters. The molecule has 0 atom stereocenters. The van der Waals surface area contributed by atoms with Crippen molar-refractivity contribution >= 4 is 22.9 Å². The predicted molar refractivity (Wildman–Crippen MR) is 90.3 cm³/mol. The average molecular weight is 307 g/mol. The molecule has 1 heterocycles. The molecular weight excluding hydrogens is 290 g/mol. The second-order valence-electron chi connectivity index (χ2n) is 4.92. The van der Waals surface area contributed by atoms with E-state index in [-0.39, 0.29) is 5.75 Å². The van der Waals surface area contributed by atoms with E-state index in [1.54, 1.807) is 18.3 Å².